The number of aromatic nitrogens is 1. The number of sulfonamides is 1. The van der Waals surface area contributed by atoms with Gasteiger partial charge >= 0.3 is 0 Å². The molecule has 2 rings (SSSR count). The van der Waals surface area contributed by atoms with E-state index in [-0.39, 0.29) is 21.6 Å². The molecule has 0 fully saturated rings. The summed E-state index contributed by atoms with van der Waals surface area (Å²) in [5, 5.41) is 2.76. The lowest BCUT2D eigenvalue weighted by molar-refractivity contribution is -0.114. The van der Waals surface area contributed by atoms with E-state index in [0.717, 1.165) is 0 Å². The summed E-state index contributed by atoms with van der Waals surface area (Å²) in [5.74, 6) is -0.172. The highest BCUT2D eigenvalue weighted by Crippen LogP contribution is 2.22. The summed E-state index contributed by atoms with van der Waals surface area (Å²) in [5.41, 5.74) is 0.511. The standard InChI is InChI=1S/C13H12ClN3O3S/c1-9(18)16-10-4-6-11(7-5-10)21(19,20)17-13-12(14)3-2-8-15-13/h2-8H,1H3,(H,15,17)(H,16,18). The number of nitrogens with one attached hydrogen (secondary N) is 2. The molecule has 1 amide bonds. The van der Waals surface area contributed by atoms with Crippen molar-refractivity contribution in [2.24, 2.45) is 0 Å². The van der Waals surface area contributed by atoms with E-state index >= 15 is 0 Å². The third-order valence-corrected chi connectivity index (χ3v) is 4.13. The van der Waals surface area contributed by atoms with E-state index < -0.39 is 10.0 Å². The van der Waals surface area contributed by atoms with E-state index in [4.69, 9.17) is 11.6 Å². The molecule has 1 aromatic heterocycles. The first-order valence-corrected chi connectivity index (χ1v) is 7.75. The van der Waals surface area contributed by atoms with Gasteiger partial charge in [-0.25, -0.2) is 13.4 Å². The molecule has 0 bridgehead atoms. The highest BCUT2D eigenvalue weighted by atomic mass is 35.5. The Labute approximate surface area is 127 Å². The van der Waals surface area contributed by atoms with Crippen molar-refractivity contribution in [1.29, 1.82) is 0 Å². The van der Waals surface area contributed by atoms with Crippen LogP contribution in [0, 0.1) is 0 Å². The summed E-state index contributed by atoms with van der Waals surface area (Å²) < 4.78 is 26.7. The zero-order chi connectivity index (χ0) is 15.5. The monoisotopic (exact) mass is 325 g/mol. The molecule has 0 aliphatic carbocycles. The van der Waals surface area contributed by atoms with Gasteiger partial charge in [0.25, 0.3) is 10.0 Å². The van der Waals surface area contributed by atoms with Gasteiger partial charge in [-0.05, 0) is 36.4 Å². The maximum atomic E-state index is 12.2. The number of amides is 1. The SMILES string of the molecule is CC(=O)Nc1ccc(S(=O)(=O)Nc2ncccc2Cl)cc1. The molecule has 1 heterocycles. The summed E-state index contributed by atoms with van der Waals surface area (Å²) in [6.07, 6.45) is 1.43. The van der Waals surface area contributed by atoms with Crippen molar-refractivity contribution in [3.63, 3.8) is 0 Å². The van der Waals surface area contributed by atoms with Crippen LogP contribution in [0.25, 0.3) is 0 Å². The molecule has 1 aromatic carbocycles. The largest absolute Gasteiger partial charge is 0.326 e. The maximum absolute atomic E-state index is 12.2. The van der Waals surface area contributed by atoms with E-state index in [1.54, 1.807) is 6.07 Å². The van der Waals surface area contributed by atoms with Gasteiger partial charge in [-0.15, -0.1) is 0 Å². The Bertz CT molecular complexity index is 760. The molecule has 0 aliphatic rings. The molecule has 21 heavy (non-hydrogen) atoms. The summed E-state index contributed by atoms with van der Waals surface area (Å²) in [6, 6.07) is 8.88. The Hall–Kier alpha value is -2.12. The quantitative estimate of drug-likeness (QED) is 0.904. The maximum Gasteiger partial charge on any atom is 0.263 e. The van der Waals surface area contributed by atoms with Crippen molar-refractivity contribution < 1.29 is 13.2 Å². The molecular weight excluding hydrogens is 314 g/mol. The third kappa shape index (κ3) is 3.93. The number of benzene rings is 1. The van der Waals surface area contributed by atoms with Gasteiger partial charge in [-0.3, -0.25) is 9.52 Å². The predicted molar refractivity (Wildman–Crippen MR) is 80.8 cm³/mol. The molecule has 0 saturated carbocycles. The van der Waals surface area contributed by atoms with Gasteiger partial charge in [0.1, 0.15) is 0 Å². The molecule has 8 heteroatoms. The van der Waals surface area contributed by atoms with E-state index in [0.29, 0.717) is 5.69 Å². The molecule has 110 valence electrons. The van der Waals surface area contributed by atoms with Crippen molar-refractivity contribution in [1.82, 2.24) is 4.98 Å². The minimum atomic E-state index is -3.79. The lowest BCUT2D eigenvalue weighted by atomic mass is 10.3. The highest BCUT2D eigenvalue weighted by molar-refractivity contribution is 7.92. The topological polar surface area (TPSA) is 88.2 Å². The molecule has 0 spiro atoms. The van der Waals surface area contributed by atoms with Gasteiger partial charge in [0, 0.05) is 18.8 Å². The Kier molecular flexibility index (Phi) is 4.44. The number of anilines is 2. The van der Waals surface area contributed by atoms with E-state index in [1.807, 2.05) is 0 Å². The summed E-state index contributed by atoms with van der Waals surface area (Å²) >= 11 is 5.86. The predicted octanol–water partition coefficient (Wildman–Crippen LogP) is 2.49. The first-order valence-electron chi connectivity index (χ1n) is 5.89. The fraction of sp³-hybridized carbons (Fsp3) is 0.0769. The second-order valence-corrected chi connectivity index (χ2v) is 6.23. The van der Waals surface area contributed by atoms with Gasteiger partial charge in [0.2, 0.25) is 5.91 Å². The molecule has 0 atom stereocenters. The zero-order valence-electron chi connectivity index (χ0n) is 11.0. The smallest absolute Gasteiger partial charge is 0.263 e. The van der Waals surface area contributed by atoms with Crippen molar-refractivity contribution in [3.8, 4) is 0 Å². The lowest BCUT2D eigenvalue weighted by Crippen LogP contribution is -2.14. The van der Waals surface area contributed by atoms with E-state index in [2.05, 4.69) is 15.0 Å². The van der Waals surface area contributed by atoms with Crippen LogP contribution in [0.1, 0.15) is 6.92 Å². The van der Waals surface area contributed by atoms with Crippen LogP contribution in [-0.2, 0) is 14.8 Å². The van der Waals surface area contributed by atoms with Gasteiger partial charge in [0.05, 0.1) is 9.92 Å². The number of carbonyl (C=O) groups is 1. The summed E-state index contributed by atoms with van der Waals surface area (Å²) in [7, 11) is -3.79. The molecule has 6 nitrogen and oxygen atoms in total. The van der Waals surface area contributed by atoms with Crippen LogP contribution in [0.3, 0.4) is 0 Å². The van der Waals surface area contributed by atoms with Crippen LogP contribution in [0.4, 0.5) is 11.5 Å². The normalized spacial score (nSPS) is 11.0. The van der Waals surface area contributed by atoms with Gasteiger partial charge in [-0.1, -0.05) is 11.6 Å². The molecule has 2 N–H and O–H groups in total. The van der Waals surface area contributed by atoms with Crippen LogP contribution in [-0.4, -0.2) is 19.3 Å². The minimum Gasteiger partial charge on any atom is -0.326 e. The average molecular weight is 326 g/mol. The number of hydrogen-bond donors (Lipinski definition) is 2. The van der Waals surface area contributed by atoms with Crippen molar-refractivity contribution >= 4 is 39.0 Å². The zero-order valence-corrected chi connectivity index (χ0v) is 12.6. The third-order valence-electron chi connectivity index (χ3n) is 2.47. The number of halogens is 1. The molecule has 2 aromatic rings. The van der Waals surface area contributed by atoms with Crippen molar-refractivity contribution in [3.05, 3.63) is 47.6 Å². The second-order valence-electron chi connectivity index (χ2n) is 4.14. The van der Waals surface area contributed by atoms with Crippen LogP contribution < -0.4 is 10.0 Å². The van der Waals surface area contributed by atoms with Gasteiger partial charge in [0.15, 0.2) is 5.82 Å². The molecule has 0 saturated heterocycles. The van der Waals surface area contributed by atoms with Crippen LogP contribution >= 0.6 is 11.6 Å². The number of rotatable bonds is 4. The summed E-state index contributed by atoms with van der Waals surface area (Å²) in [6.45, 7) is 1.37. The Morgan fingerprint density at radius 1 is 1.19 bits per heavy atom. The minimum absolute atomic E-state index is 0.0401. The number of nitrogens with zero attached hydrogens (tertiary/aromatic N) is 1. The Balaban J connectivity index is 2.24. The number of pyridine rings is 1. The Morgan fingerprint density at radius 3 is 2.43 bits per heavy atom. The molecule has 0 unspecified atom stereocenters. The lowest BCUT2D eigenvalue weighted by Gasteiger charge is -2.09. The van der Waals surface area contributed by atoms with Crippen molar-refractivity contribution in [2.45, 2.75) is 11.8 Å². The molecule has 0 aliphatic heterocycles. The molecule has 0 radical (unpaired) electrons. The summed E-state index contributed by atoms with van der Waals surface area (Å²) in [4.78, 5) is 14.8. The van der Waals surface area contributed by atoms with E-state index in [9.17, 15) is 13.2 Å². The first-order chi connectivity index (χ1) is 9.88. The van der Waals surface area contributed by atoms with Crippen LogP contribution in [0.2, 0.25) is 5.02 Å². The fourth-order valence-corrected chi connectivity index (χ4v) is 2.82. The number of carbonyl (C=O) groups excluding carboxylic acids is 1. The van der Waals surface area contributed by atoms with Gasteiger partial charge in [-0.2, -0.15) is 0 Å². The Morgan fingerprint density at radius 2 is 1.86 bits per heavy atom. The van der Waals surface area contributed by atoms with Crippen molar-refractivity contribution in [2.75, 3.05) is 10.0 Å². The molecular formula is C13H12ClN3O3S. The highest BCUT2D eigenvalue weighted by Gasteiger charge is 2.16. The fourth-order valence-electron chi connectivity index (χ4n) is 1.57. The second kappa shape index (κ2) is 6.11. The van der Waals surface area contributed by atoms with Crippen LogP contribution in [0.15, 0.2) is 47.5 Å². The van der Waals surface area contributed by atoms with Gasteiger partial charge < -0.3 is 5.32 Å². The van der Waals surface area contributed by atoms with E-state index in [1.165, 1.54) is 43.5 Å². The first kappa shape index (κ1) is 15.3. The average Bonchev–Trinajstić information content (AvgIpc) is 2.41. The van der Waals surface area contributed by atoms with Crippen LogP contribution in [0.5, 0.6) is 0 Å². The number of hydrogen-bond acceptors (Lipinski definition) is 4.